The average molecular weight is 349 g/mol. The lowest BCUT2D eigenvalue weighted by Crippen LogP contribution is -2.24. The molecule has 1 rings (SSSR count). The van der Waals surface area contributed by atoms with Gasteiger partial charge in [-0.1, -0.05) is 29.0 Å². The number of phenols is 2. The molecule has 0 saturated heterocycles. The highest BCUT2D eigenvalue weighted by atomic mass is 127. The molecule has 0 aliphatic heterocycles. The summed E-state index contributed by atoms with van der Waals surface area (Å²) < 4.78 is 1.14. The molecule has 0 heterocycles. The number of alkyl halides is 1. The Morgan fingerprint density at radius 2 is 1.94 bits per heavy atom. The molecular formula is C12H16INO3. The van der Waals surface area contributed by atoms with E-state index in [0.29, 0.717) is 12.1 Å². The Kier molecular flexibility index (Phi) is 6.10. The minimum absolute atomic E-state index is 0.219. The van der Waals surface area contributed by atoms with Crippen LogP contribution in [0, 0.1) is 0 Å². The van der Waals surface area contributed by atoms with E-state index in [4.69, 9.17) is 5.11 Å². The van der Waals surface area contributed by atoms with E-state index in [1.165, 1.54) is 18.2 Å². The van der Waals surface area contributed by atoms with Crippen molar-refractivity contribution in [2.75, 3.05) is 11.0 Å². The van der Waals surface area contributed by atoms with Gasteiger partial charge < -0.3 is 15.5 Å². The molecule has 0 aliphatic rings. The molecule has 0 aliphatic carbocycles. The highest BCUT2D eigenvalue weighted by Crippen LogP contribution is 2.24. The van der Waals surface area contributed by atoms with Crippen molar-refractivity contribution >= 4 is 28.5 Å². The molecule has 0 spiro atoms. The lowest BCUT2D eigenvalue weighted by molar-refractivity contribution is 0.0952. The molecule has 5 heteroatoms. The number of amides is 1. The number of halogens is 1. The summed E-state index contributed by atoms with van der Waals surface area (Å²) >= 11 is 2.33. The minimum Gasteiger partial charge on any atom is -0.504 e. The number of carbonyl (C=O) groups is 1. The van der Waals surface area contributed by atoms with E-state index in [1.54, 1.807) is 0 Å². The number of benzene rings is 1. The van der Waals surface area contributed by atoms with Crippen molar-refractivity contribution in [2.24, 2.45) is 0 Å². The molecule has 0 unspecified atom stereocenters. The van der Waals surface area contributed by atoms with Crippen molar-refractivity contribution in [3.8, 4) is 11.5 Å². The zero-order chi connectivity index (χ0) is 12.7. The summed E-state index contributed by atoms with van der Waals surface area (Å²) in [4.78, 5) is 11.6. The summed E-state index contributed by atoms with van der Waals surface area (Å²) in [6.07, 6.45) is 3.22. The summed E-state index contributed by atoms with van der Waals surface area (Å²) in [5, 5.41) is 21.1. The number of hydrogen-bond donors (Lipinski definition) is 3. The number of aromatic hydroxyl groups is 2. The van der Waals surface area contributed by atoms with Crippen LogP contribution in [0.2, 0.25) is 0 Å². The maximum absolute atomic E-state index is 11.6. The molecule has 3 N–H and O–H groups in total. The van der Waals surface area contributed by atoms with E-state index in [-0.39, 0.29) is 17.4 Å². The monoisotopic (exact) mass is 349 g/mol. The predicted octanol–water partition coefficient (Wildman–Crippen LogP) is 2.43. The second-order valence-electron chi connectivity index (χ2n) is 3.71. The van der Waals surface area contributed by atoms with Gasteiger partial charge in [0.25, 0.3) is 5.91 Å². The molecule has 1 aromatic rings. The van der Waals surface area contributed by atoms with Crippen molar-refractivity contribution in [3.63, 3.8) is 0 Å². The van der Waals surface area contributed by atoms with E-state index in [1.807, 2.05) is 0 Å². The summed E-state index contributed by atoms with van der Waals surface area (Å²) in [7, 11) is 0. The number of rotatable bonds is 6. The van der Waals surface area contributed by atoms with Crippen molar-refractivity contribution in [2.45, 2.75) is 19.3 Å². The Bertz CT molecular complexity index is 382. The van der Waals surface area contributed by atoms with Gasteiger partial charge in [-0.25, -0.2) is 0 Å². The second kappa shape index (κ2) is 7.37. The van der Waals surface area contributed by atoms with Crippen molar-refractivity contribution in [1.82, 2.24) is 5.32 Å². The third-order valence-electron chi connectivity index (χ3n) is 2.33. The van der Waals surface area contributed by atoms with E-state index in [0.717, 1.165) is 23.7 Å². The van der Waals surface area contributed by atoms with Crippen LogP contribution >= 0.6 is 22.6 Å². The van der Waals surface area contributed by atoms with Crippen LogP contribution in [0.25, 0.3) is 0 Å². The normalized spacial score (nSPS) is 10.2. The number of nitrogens with one attached hydrogen (secondary N) is 1. The van der Waals surface area contributed by atoms with Gasteiger partial charge in [0, 0.05) is 12.1 Å². The smallest absolute Gasteiger partial charge is 0.251 e. The molecule has 0 radical (unpaired) electrons. The summed E-state index contributed by atoms with van der Waals surface area (Å²) in [6.45, 7) is 0.636. The van der Waals surface area contributed by atoms with Gasteiger partial charge in [0.05, 0.1) is 0 Å². The van der Waals surface area contributed by atoms with Gasteiger partial charge in [0.1, 0.15) is 0 Å². The third kappa shape index (κ3) is 4.80. The van der Waals surface area contributed by atoms with Crippen LogP contribution in [0.5, 0.6) is 11.5 Å². The molecule has 1 aromatic carbocycles. The van der Waals surface area contributed by atoms with Crippen LogP contribution in [0.4, 0.5) is 0 Å². The third-order valence-corrected chi connectivity index (χ3v) is 3.10. The Hall–Kier alpha value is -0.980. The average Bonchev–Trinajstić information content (AvgIpc) is 2.32. The zero-order valence-electron chi connectivity index (χ0n) is 9.45. The largest absolute Gasteiger partial charge is 0.504 e. The van der Waals surface area contributed by atoms with Crippen LogP contribution in [-0.2, 0) is 0 Å². The molecule has 0 fully saturated rings. The van der Waals surface area contributed by atoms with Gasteiger partial charge in [0.15, 0.2) is 11.5 Å². The first-order valence-electron chi connectivity index (χ1n) is 5.51. The lowest BCUT2D eigenvalue weighted by Gasteiger charge is -2.05. The van der Waals surface area contributed by atoms with Gasteiger partial charge in [0.2, 0.25) is 0 Å². The maximum atomic E-state index is 11.6. The van der Waals surface area contributed by atoms with Crippen LogP contribution in [0.15, 0.2) is 18.2 Å². The molecule has 0 bridgehead atoms. The predicted molar refractivity (Wildman–Crippen MR) is 74.8 cm³/mol. The molecule has 0 atom stereocenters. The fourth-order valence-electron chi connectivity index (χ4n) is 1.36. The SMILES string of the molecule is O=C(NCCCCCI)c1ccc(O)c(O)c1. The molecule has 94 valence electrons. The van der Waals surface area contributed by atoms with E-state index >= 15 is 0 Å². The van der Waals surface area contributed by atoms with E-state index < -0.39 is 0 Å². The Labute approximate surface area is 114 Å². The Balaban J connectivity index is 2.39. The first-order chi connectivity index (χ1) is 8.15. The summed E-state index contributed by atoms with van der Waals surface area (Å²) in [5.74, 6) is -0.721. The summed E-state index contributed by atoms with van der Waals surface area (Å²) in [6, 6.07) is 4.05. The fourth-order valence-corrected chi connectivity index (χ4v) is 1.90. The second-order valence-corrected chi connectivity index (χ2v) is 4.79. The van der Waals surface area contributed by atoms with E-state index in [2.05, 4.69) is 27.9 Å². The van der Waals surface area contributed by atoms with Crippen LogP contribution < -0.4 is 5.32 Å². The molecule has 4 nitrogen and oxygen atoms in total. The van der Waals surface area contributed by atoms with Crippen molar-refractivity contribution in [3.05, 3.63) is 23.8 Å². The minimum atomic E-state index is -0.275. The molecule has 0 aromatic heterocycles. The number of unbranched alkanes of at least 4 members (excludes halogenated alkanes) is 2. The topological polar surface area (TPSA) is 69.6 Å². The van der Waals surface area contributed by atoms with Crippen LogP contribution in [0.1, 0.15) is 29.6 Å². The molecular weight excluding hydrogens is 333 g/mol. The number of carbonyl (C=O) groups excluding carboxylic acids is 1. The highest BCUT2D eigenvalue weighted by molar-refractivity contribution is 14.1. The quantitative estimate of drug-likeness (QED) is 0.320. The first kappa shape index (κ1) is 14.1. The number of hydrogen-bond acceptors (Lipinski definition) is 3. The van der Waals surface area contributed by atoms with Crippen molar-refractivity contribution in [1.29, 1.82) is 0 Å². The first-order valence-corrected chi connectivity index (χ1v) is 7.04. The number of phenolic OH excluding ortho intramolecular Hbond substituents is 2. The van der Waals surface area contributed by atoms with Gasteiger partial charge in [-0.05, 0) is 35.5 Å². The van der Waals surface area contributed by atoms with Gasteiger partial charge in [-0.15, -0.1) is 0 Å². The van der Waals surface area contributed by atoms with Gasteiger partial charge in [-0.2, -0.15) is 0 Å². The maximum Gasteiger partial charge on any atom is 0.251 e. The summed E-state index contributed by atoms with van der Waals surface area (Å²) in [5.41, 5.74) is 0.356. The highest BCUT2D eigenvalue weighted by Gasteiger charge is 2.07. The fraction of sp³-hybridized carbons (Fsp3) is 0.417. The Morgan fingerprint density at radius 1 is 1.18 bits per heavy atom. The molecule has 17 heavy (non-hydrogen) atoms. The van der Waals surface area contributed by atoms with E-state index in [9.17, 15) is 9.90 Å². The molecule has 1 amide bonds. The Morgan fingerprint density at radius 3 is 2.59 bits per heavy atom. The standard InChI is InChI=1S/C12H16INO3/c13-6-2-1-3-7-14-12(17)9-4-5-10(15)11(16)8-9/h4-5,8,15-16H,1-3,6-7H2,(H,14,17). The van der Waals surface area contributed by atoms with Gasteiger partial charge >= 0.3 is 0 Å². The molecule has 0 saturated carbocycles. The van der Waals surface area contributed by atoms with Crippen LogP contribution in [0.3, 0.4) is 0 Å². The van der Waals surface area contributed by atoms with Crippen LogP contribution in [-0.4, -0.2) is 27.1 Å². The van der Waals surface area contributed by atoms with Crippen molar-refractivity contribution < 1.29 is 15.0 Å². The zero-order valence-corrected chi connectivity index (χ0v) is 11.6. The van der Waals surface area contributed by atoms with Gasteiger partial charge in [-0.3, -0.25) is 4.79 Å². The lowest BCUT2D eigenvalue weighted by atomic mass is 10.2.